The van der Waals surface area contributed by atoms with Crippen LogP contribution in [0.1, 0.15) is 5.56 Å². The van der Waals surface area contributed by atoms with Crippen LogP contribution in [0.2, 0.25) is 10.3 Å². The molecule has 0 aliphatic heterocycles. The smallest absolute Gasteiger partial charge is 0.224 e. The second-order valence-corrected chi connectivity index (χ2v) is 4.88. The topological polar surface area (TPSA) is 90.1 Å². The molecule has 0 atom stereocenters. The number of halogens is 2. The van der Waals surface area contributed by atoms with E-state index in [1.807, 2.05) is 0 Å². The summed E-state index contributed by atoms with van der Waals surface area (Å²) in [6, 6.07) is 5.20. The molecular weight excluding hydrogens is 315 g/mol. The highest BCUT2D eigenvalue weighted by Gasteiger charge is 2.10. The molecule has 0 bridgehead atoms. The fraction of sp³-hybridized carbons (Fsp3) is 0.154. The summed E-state index contributed by atoms with van der Waals surface area (Å²) in [7, 11) is 1.53. The van der Waals surface area contributed by atoms with Crippen LogP contribution in [-0.2, 0) is 11.2 Å². The average Bonchev–Trinajstić information content (AvgIpc) is 2.42. The molecule has 0 fully saturated rings. The summed E-state index contributed by atoms with van der Waals surface area (Å²) < 4.78 is 5.25. The molecule has 21 heavy (non-hydrogen) atoms. The summed E-state index contributed by atoms with van der Waals surface area (Å²) >= 11 is 11.7. The largest absolute Gasteiger partial charge is 0.495 e. The molecule has 2 aromatic rings. The Balaban J connectivity index is 2.36. The van der Waals surface area contributed by atoms with E-state index in [0.29, 0.717) is 22.3 Å². The molecule has 0 aliphatic rings. The lowest BCUT2D eigenvalue weighted by Crippen LogP contribution is -2.13. The maximum atomic E-state index is 11.0. The Morgan fingerprint density at radius 3 is 2.86 bits per heavy atom. The Bertz CT molecular complexity index is 679. The van der Waals surface area contributed by atoms with Crippen molar-refractivity contribution in [3.05, 3.63) is 40.3 Å². The molecule has 0 radical (unpaired) electrons. The van der Waals surface area contributed by atoms with Gasteiger partial charge in [-0.1, -0.05) is 17.7 Å². The van der Waals surface area contributed by atoms with Crippen molar-refractivity contribution in [2.75, 3.05) is 12.4 Å². The molecule has 1 aromatic heterocycles. The minimum Gasteiger partial charge on any atom is -0.495 e. The van der Waals surface area contributed by atoms with E-state index >= 15 is 0 Å². The van der Waals surface area contributed by atoms with Crippen molar-refractivity contribution in [3.63, 3.8) is 0 Å². The molecule has 0 saturated heterocycles. The van der Waals surface area contributed by atoms with Crippen LogP contribution < -0.4 is 15.8 Å². The van der Waals surface area contributed by atoms with Gasteiger partial charge in [0, 0.05) is 0 Å². The Labute approximate surface area is 131 Å². The first-order chi connectivity index (χ1) is 9.99. The van der Waals surface area contributed by atoms with E-state index in [1.54, 1.807) is 18.2 Å². The highest BCUT2D eigenvalue weighted by atomic mass is 35.5. The van der Waals surface area contributed by atoms with Crippen LogP contribution in [0.5, 0.6) is 5.75 Å². The number of nitrogens with zero attached hydrogens (tertiary/aromatic N) is 2. The van der Waals surface area contributed by atoms with Gasteiger partial charge in [-0.25, -0.2) is 4.98 Å². The number of hydrogen-bond acceptors (Lipinski definition) is 5. The standard InChI is InChI=1S/C13H12Cl2N4O2/c1-21-10-3-2-7(5-11(16)20)4-9(10)18-12-8(14)6-17-13(15)19-12/h2-4,6H,5H2,1H3,(H2,16,20)(H,17,18,19). The van der Waals surface area contributed by atoms with Gasteiger partial charge in [0.15, 0.2) is 5.82 Å². The Kier molecular flexibility index (Phi) is 4.82. The monoisotopic (exact) mass is 326 g/mol. The molecule has 0 saturated carbocycles. The van der Waals surface area contributed by atoms with Crippen molar-refractivity contribution in [2.45, 2.75) is 6.42 Å². The number of benzene rings is 1. The van der Waals surface area contributed by atoms with Gasteiger partial charge in [0.25, 0.3) is 0 Å². The second-order valence-electron chi connectivity index (χ2n) is 4.14. The number of primary amides is 1. The maximum Gasteiger partial charge on any atom is 0.224 e. The third-order valence-electron chi connectivity index (χ3n) is 2.61. The molecular formula is C13H12Cl2N4O2. The Morgan fingerprint density at radius 2 is 2.19 bits per heavy atom. The van der Waals surface area contributed by atoms with E-state index in [4.69, 9.17) is 33.7 Å². The number of carbonyl (C=O) groups is 1. The molecule has 8 heteroatoms. The number of rotatable bonds is 5. The minimum atomic E-state index is -0.422. The van der Waals surface area contributed by atoms with Crippen LogP contribution in [0.3, 0.4) is 0 Å². The summed E-state index contributed by atoms with van der Waals surface area (Å²) in [5, 5.41) is 3.37. The number of nitrogens with one attached hydrogen (secondary N) is 1. The summed E-state index contributed by atoms with van der Waals surface area (Å²) in [6.07, 6.45) is 1.51. The number of nitrogens with two attached hydrogens (primary N) is 1. The molecule has 3 N–H and O–H groups in total. The van der Waals surface area contributed by atoms with Crippen molar-refractivity contribution >= 4 is 40.6 Å². The average molecular weight is 327 g/mol. The molecule has 0 unspecified atom stereocenters. The Hall–Kier alpha value is -2.05. The van der Waals surface area contributed by atoms with Gasteiger partial charge in [0.2, 0.25) is 11.2 Å². The van der Waals surface area contributed by atoms with Crippen LogP contribution in [0.25, 0.3) is 0 Å². The van der Waals surface area contributed by atoms with Crippen molar-refractivity contribution in [2.24, 2.45) is 5.73 Å². The molecule has 0 aliphatic carbocycles. The van der Waals surface area contributed by atoms with Crippen LogP contribution in [-0.4, -0.2) is 23.0 Å². The second kappa shape index (κ2) is 6.60. The lowest BCUT2D eigenvalue weighted by Gasteiger charge is -2.13. The molecule has 1 amide bonds. The van der Waals surface area contributed by atoms with Gasteiger partial charge in [-0.2, -0.15) is 4.98 Å². The summed E-state index contributed by atoms with van der Waals surface area (Å²) in [4.78, 5) is 18.8. The van der Waals surface area contributed by atoms with E-state index in [-0.39, 0.29) is 11.7 Å². The van der Waals surface area contributed by atoms with Gasteiger partial charge < -0.3 is 15.8 Å². The quantitative estimate of drug-likeness (QED) is 0.824. The van der Waals surface area contributed by atoms with E-state index in [2.05, 4.69) is 15.3 Å². The molecule has 0 spiro atoms. The molecule has 2 rings (SSSR count). The normalized spacial score (nSPS) is 10.2. The van der Waals surface area contributed by atoms with Crippen LogP contribution in [0.15, 0.2) is 24.4 Å². The van der Waals surface area contributed by atoms with Crippen LogP contribution in [0, 0.1) is 0 Å². The third-order valence-corrected chi connectivity index (χ3v) is 3.07. The summed E-state index contributed by atoms with van der Waals surface area (Å²) in [5.74, 6) is 0.481. The van der Waals surface area contributed by atoms with Gasteiger partial charge >= 0.3 is 0 Å². The summed E-state index contributed by atoms with van der Waals surface area (Å²) in [6.45, 7) is 0. The predicted molar refractivity (Wildman–Crippen MR) is 81.2 cm³/mol. The number of methoxy groups -OCH3 is 1. The number of aromatic nitrogens is 2. The minimum absolute atomic E-state index is 0.0640. The zero-order valence-corrected chi connectivity index (χ0v) is 12.6. The van der Waals surface area contributed by atoms with E-state index in [0.717, 1.165) is 5.56 Å². The fourth-order valence-corrected chi connectivity index (χ4v) is 2.00. The van der Waals surface area contributed by atoms with Gasteiger partial charge in [0.1, 0.15) is 10.8 Å². The highest BCUT2D eigenvalue weighted by Crippen LogP contribution is 2.31. The van der Waals surface area contributed by atoms with Crippen molar-refractivity contribution < 1.29 is 9.53 Å². The maximum absolute atomic E-state index is 11.0. The van der Waals surface area contributed by atoms with Gasteiger partial charge in [0.05, 0.1) is 25.4 Å². The number of hydrogen-bond donors (Lipinski definition) is 2. The van der Waals surface area contributed by atoms with Crippen LogP contribution in [0.4, 0.5) is 11.5 Å². The lowest BCUT2D eigenvalue weighted by atomic mass is 10.1. The number of ether oxygens (including phenoxy) is 1. The third kappa shape index (κ3) is 3.96. The fourth-order valence-electron chi connectivity index (χ4n) is 1.72. The number of carbonyl (C=O) groups excluding carboxylic acids is 1. The molecule has 1 heterocycles. The predicted octanol–water partition coefficient (Wildman–Crippen LogP) is 2.56. The van der Waals surface area contributed by atoms with Gasteiger partial charge in [-0.3, -0.25) is 4.79 Å². The highest BCUT2D eigenvalue weighted by molar-refractivity contribution is 6.33. The zero-order valence-electron chi connectivity index (χ0n) is 11.1. The zero-order chi connectivity index (χ0) is 15.4. The van der Waals surface area contributed by atoms with E-state index in [9.17, 15) is 4.79 Å². The summed E-state index contributed by atoms with van der Waals surface area (Å²) in [5.41, 5.74) is 6.52. The molecule has 110 valence electrons. The van der Waals surface area contributed by atoms with Crippen molar-refractivity contribution in [1.82, 2.24) is 9.97 Å². The van der Waals surface area contributed by atoms with E-state index < -0.39 is 5.91 Å². The van der Waals surface area contributed by atoms with Gasteiger partial charge in [-0.15, -0.1) is 0 Å². The Morgan fingerprint density at radius 1 is 1.43 bits per heavy atom. The first-order valence-corrected chi connectivity index (χ1v) is 6.65. The lowest BCUT2D eigenvalue weighted by molar-refractivity contribution is -0.117. The van der Waals surface area contributed by atoms with Crippen molar-refractivity contribution in [1.29, 1.82) is 0 Å². The van der Waals surface area contributed by atoms with Gasteiger partial charge in [-0.05, 0) is 29.3 Å². The van der Waals surface area contributed by atoms with Crippen LogP contribution >= 0.6 is 23.2 Å². The van der Waals surface area contributed by atoms with Crippen molar-refractivity contribution in [3.8, 4) is 5.75 Å². The molecule has 6 nitrogen and oxygen atoms in total. The first kappa shape index (κ1) is 15.3. The first-order valence-electron chi connectivity index (χ1n) is 5.90. The SMILES string of the molecule is COc1ccc(CC(N)=O)cc1Nc1nc(Cl)ncc1Cl. The number of amides is 1. The number of anilines is 2. The molecule has 1 aromatic carbocycles. The van der Waals surface area contributed by atoms with E-state index in [1.165, 1.54) is 13.3 Å².